The molecular weight excluding hydrogens is 334 g/mol. The fourth-order valence-electron chi connectivity index (χ4n) is 3.15. The SMILES string of the molecule is Clc1ccc2ccc3cc4nc(-c5ccccc5)sc4cc3c2c1. The van der Waals surface area contributed by atoms with Gasteiger partial charge in [-0.25, -0.2) is 4.98 Å². The highest BCUT2D eigenvalue weighted by molar-refractivity contribution is 7.21. The Kier molecular flexibility index (Phi) is 3.09. The van der Waals surface area contributed by atoms with Crippen molar-refractivity contribution in [1.82, 2.24) is 4.98 Å². The second kappa shape index (κ2) is 5.30. The van der Waals surface area contributed by atoms with Gasteiger partial charge in [0.2, 0.25) is 0 Å². The molecule has 0 amide bonds. The molecular formula is C21H12ClNS. The summed E-state index contributed by atoms with van der Waals surface area (Å²) in [7, 11) is 0. The van der Waals surface area contributed by atoms with E-state index in [-0.39, 0.29) is 0 Å². The monoisotopic (exact) mass is 345 g/mol. The maximum Gasteiger partial charge on any atom is 0.124 e. The number of benzene rings is 4. The highest BCUT2D eigenvalue weighted by atomic mass is 35.5. The van der Waals surface area contributed by atoms with Crippen LogP contribution >= 0.6 is 22.9 Å². The Hall–Kier alpha value is -2.42. The topological polar surface area (TPSA) is 12.9 Å². The lowest BCUT2D eigenvalue weighted by atomic mass is 10.0. The third-order valence-electron chi connectivity index (χ3n) is 4.33. The van der Waals surface area contributed by atoms with Crippen LogP contribution in [0.3, 0.4) is 0 Å². The van der Waals surface area contributed by atoms with E-state index >= 15 is 0 Å². The molecule has 1 nitrogen and oxygen atoms in total. The fourth-order valence-corrected chi connectivity index (χ4v) is 4.32. The van der Waals surface area contributed by atoms with Gasteiger partial charge in [0.25, 0.3) is 0 Å². The summed E-state index contributed by atoms with van der Waals surface area (Å²) in [5.74, 6) is 0. The van der Waals surface area contributed by atoms with Crippen molar-refractivity contribution in [3.63, 3.8) is 0 Å². The number of rotatable bonds is 1. The molecule has 0 atom stereocenters. The van der Waals surface area contributed by atoms with Crippen LogP contribution in [0.1, 0.15) is 0 Å². The first-order valence-corrected chi connectivity index (χ1v) is 8.95. The number of fused-ring (bicyclic) bond motifs is 4. The maximum atomic E-state index is 6.21. The summed E-state index contributed by atoms with van der Waals surface area (Å²) in [5, 5.41) is 6.65. The van der Waals surface area contributed by atoms with Crippen LogP contribution in [0.25, 0.3) is 42.3 Å². The zero-order valence-electron chi connectivity index (χ0n) is 12.7. The molecule has 0 bridgehead atoms. The molecule has 24 heavy (non-hydrogen) atoms. The first-order valence-electron chi connectivity index (χ1n) is 7.76. The zero-order valence-corrected chi connectivity index (χ0v) is 14.2. The third-order valence-corrected chi connectivity index (χ3v) is 5.63. The van der Waals surface area contributed by atoms with Crippen molar-refractivity contribution in [2.45, 2.75) is 0 Å². The van der Waals surface area contributed by atoms with Gasteiger partial charge in [-0.1, -0.05) is 60.1 Å². The van der Waals surface area contributed by atoms with Crippen molar-refractivity contribution in [3.8, 4) is 10.6 Å². The molecule has 1 aromatic heterocycles. The summed E-state index contributed by atoms with van der Waals surface area (Å²) in [6.07, 6.45) is 0. The molecule has 114 valence electrons. The summed E-state index contributed by atoms with van der Waals surface area (Å²) in [4.78, 5) is 4.82. The van der Waals surface area contributed by atoms with Crippen molar-refractivity contribution >= 4 is 54.7 Å². The quantitative estimate of drug-likeness (QED) is 0.300. The Labute approximate surface area is 148 Å². The largest absolute Gasteiger partial charge is 0.236 e. The molecule has 0 saturated heterocycles. The molecule has 0 fully saturated rings. The van der Waals surface area contributed by atoms with Gasteiger partial charge in [-0.05, 0) is 45.8 Å². The first kappa shape index (κ1) is 14.0. The second-order valence-corrected chi connectivity index (χ2v) is 7.32. The van der Waals surface area contributed by atoms with Gasteiger partial charge in [0.1, 0.15) is 5.01 Å². The van der Waals surface area contributed by atoms with Crippen LogP contribution in [0.4, 0.5) is 0 Å². The molecule has 0 radical (unpaired) electrons. The lowest BCUT2D eigenvalue weighted by molar-refractivity contribution is 1.48. The fraction of sp³-hybridized carbons (Fsp3) is 0. The Morgan fingerprint density at radius 1 is 0.750 bits per heavy atom. The molecule has 5 rings (SSSR count). The van der Waals surface area contributed by atoms with Gasteiger partial charge in [-0.15, -0.1) is 11.3 Å². The van der Waals surface area contributed by atoms with Crippen molar-refractivity contribution in [2.24, 2.45) is 0 Å². The van der Waals surface area contributed by atoms with E-state index in [1.165, 1.54) is 26.2 Å². The minimum Gasteiger partial charge on any atom is -0.236 e. The number of hydrogen-bond acceptors (Lipinski definition) is 2. The van der Waals surface area contributed by atoms with E-state index in [1.54, 1.807) is 11.3 Å². The van der Waals surface area contributed by atoms with E-state index in [0.29, 0.717) is 0 Å². The van der Waals surface area contributed by atoms with E-state index in [2.05, 4.69) is 42.5 Å². The molecule has 0 aliphatic carbocycles. The molecule has 0 unspecified atom stereocenters. The summed E-state index contributed by atoms with van der Waals surface area (Å²) in [6.45, 7) is 0. The van der Waals surface area contributed by atoms with E-state index in [4.69, 9.17) is 16.6 Å². The Morgan fingerprint density at radius 2 is 1.50 bits per heavy atom. The van der Waals surface area contributed by atoms with Crippen molar-refractivity contribution in [3.05, 3.63) is 77.8 Å². The van der Waals surface area contributed by atoms with Gasteiger partial charge < -0.3 is 0 Å². The zero-order chi connectivity index (χ0) is 16.1. The van der Waals surface area contributed by atoms with Gasteiger partial charge in [-0.3, -0.25) is 0 Å². The number of halogens is 1. The van der Waals surface area contributed by atoms with Crippen molar-refractivity contribution in [2.75, 3.05) is 0 Å². The second-order valence-electron chi connectivity index (χ2n) is 5.86. The van der Waals surface area contributed by atoms with Crippen LogP contribution < -0.4 is 0 Å². The molecule has 0 spiro atoms. The molecule has 3 heteroatoms. The number of aromatic nitrogens is 1. The minimum atomic E-state index is 0.768. The van der Waals surface area contributed by atoms with Gasteiger partial charge in [0, 0.05) is 10.6 Å². The lowest BCUT2D eigenvalue weighted by Crippen LogP contribution is -1.79. The molecule has 4 aromatic carbocycles. The highest BCUT2D eigenvalue weighted by Crippen LogP contribution is 2.35. The molecule has 0 aliphatic heterocycles. The summed E-state index contributed by atoms with van der Waals surface area (Å²) in [5.41, 5.74) is 2.21. The van der Waals surface area contributed by atoms with Gasteiger partial charge in [0.05, 0.1) is 10.2 Å². The van der Waals surface area contributed by atoms with Gasteiger partial charge in [-0.2, -0.15) is 0 Å². The molecule has 0 aliphatic rings. The van der Waals surface area contributed by atoms with Crippen LogP contribution in [0, 0.1) is 0 Å². The average molecular weight is 346 g/mol. The van der Waals surface area contributed by atoms with Crippen LogP contribution in [0.15, 0.2) is 72.8 Å². The number of hydrogen-bond donors (Lipinski definition) is 0. The van der Waals surface area contributed by atoms with E-state index in [9.17, 15) is 0 Å². The minimum absolute atomic E-state index is 0.768. The van der Waals surface area contributed by atoms with Crippen LogP contribution in [-0.4, -0.2) is 4.98 Å². The predicted molar refractivity (Wildman–Crippen MR) is 105 cm³/mol. The Bertz CT molecular complexity index is 1210. The van der Waals surface area contributed by atoms with Crippen LogP contribution in [0.2, 0.25) is 5.02 Å². The molecule has 5 aromatic rings. The Balaban J connectivity index is 1.82. The number of nitrogens with zero attached hydrogens (tertiary/aromatic N) is 1. The van der Waals surface area contributed by atoms with Gasteiger partial charge in [0.15, 0.2) is 0 Å². The number of thiazole rings is 1. The predicted octanol–water partition coefficient (Wildman–Crippen LogP) is 6.92. The lowest BCUT2D eigenvalue weighted by Gasteiger charge is -2.04. The summed E-state index contributed by atoms with van der Waals surface area (Å²) >= 11 is 7.95. The van der Waals surface area contributed by atoms with Crippen molar-refractivity contribution < 1.29 is 0 Å². The average Bonchev–Trinajstić information content (AvgIpc) is 3.03. The van der Waals surface area contributed by atoms with Crippen LogP contribution in [0.5, 0.6) is 0 Å². The van der Waals surface area contributed by atoms with Crippen LogP contribution in [-0.2, 0) is 0 Å². The van der Waals surface area contributed by atoms with E-state index < -0.39 is 0 Å². The summed E-state index contributed by atoms with van der Waals surface area (Å²) in [6, 6.07) is 25.1. The third kappa shape index (κ3) is 2.19. The standard InChI is InChI=1S/C21H12ClNS/c22-16-9-8-13-6-7-15-10-19-20(12-18(15)17(13)11-16)24-21(23-19)14-4-2-1-3-5-14/h1-12H. The van der Waals surface area contributed by atoms with Gasteiger partial charge >= 0.3 is 0 Å². The maximum absolute atomic E-state index is 6.21. The Morgan fingerprint density at radius 3 is 2.38 bits per heavy atom. The highest BCUT2D eigenvalue weighted by Gasteiger charge is 2.09. The normalized spacial score (nSPS) is 11.5. The molecule has 0 saturated carbocycles. The molecule has 0 N–H and O–H groups in total. The van der Waals surface area contributed by atoms with Crippen molar-refractivity contribution in [1.29, 1.82) is 0 Å². The van der Waals surface area contributed by atoms with E-state index in [1.807, 2.05) is 30.3 Å². The smallest absolute Gasteiger partial charge is 0.124 e. The van der Waals surface area contributed by atoms with E-state index in [0.717, 1.165) is 21.1 Å². The molecule has 1 heterocycles. The summed E-state index contributed by atoms with van der Waals surface area (Å²) < 4.78 is 1.20. The first-order chi connectivity index (χ1) is 11.8.